The maximum atomic E-state index is 5.64. The van der Waals surface area contributed by atoms with Crippen LogP contribution in [0.4, 0.5) is 0 Å². The lowest BCUT2D eigenvalue weighted by Gasteiger charge is -2.08. The van der Waals surface area contributed by atoms with Crippen LogP contribution < -0.4 is 4.74 Å². The van der Waals surface area contributed by atoms with Crippen molar-refractivity contribution in [3.63, 3.8) is 0 Å². The fourth-order valence-corrected chi connectivity index (χ4v) is 1.64. The van der Waals surface area contributed by atoms with Crippen LogP contribution >= 0.6 is 15.9 Å². The Labute approximate surface area is 112 Å². The molecule has 0 spiro atoms. The van der Waals surface area contributed by atoms with Gasteiger partial charge in [-0.25, -0.2) is 0 Å². The molecule has 94 valence electrons. The molecule has 1 rings (SSSR count). The van der Waals surface area contributed by atoms with Gasteiger partial charge in [0.25, 0.3) is 0 Å². The molecule has 0 aliphatic heterocycles. The van der Waals surface area contributed by atoms with E-state index in [4.69, 9.17) is 9.47 Å². The summed E-state index contributed by atoms with van der Waals surface area (Å²) in [5.41, 5.74) is 1.17. The van der Waals surface area contributed by atoms with Gasteiger partial charge < -0.3 is 9.47 Å². The van der Waals surface area contributed by atoms with Gasteiger partial charge in [-0.2, -0.15) is 0 Å². The van der Waals surface area contributed by atoms with Crippen molar-refractivity contribution in [3.05, 3.63) is 42.0 Å². The molecule has 0 fully saturated rings. The van der Waals surface area contributed by atoms with Gasteiger partial charge in [0.15, 0.2) is 0 Å². The summed E-state index contributed by atoms with van der Waals surface area (Å²) in [6, 6.07) is 7.95. The Bertz CT molecular complexity index is 333. The van der Waals surface area contributed by atoms with E-state index >= 15 is 0 Å². The normalized spacial score (nSPS) is 12.9. The Morgan fingerprint density at radius 2 is 2.00 bits per heavy atom. The molecule has 0 bridgehead atoms. The van der Waals surface area contributed by atoms with Gasteiger partial charge in [0.2, 0.25) is 0 Å². The summed E-state index contributed by atoms with van der Waals surface area (Å²) in [6.45, 7) is 3.54. The summed E-state index contributed by atoms with van der Waals surface area (Å²) in [4.78, 5) is 0. The number of halogens is 1. The zero-order valence-electron chi connectivity index (χ0n) is 10.4. The summed E-state index contributed by atoms with van der Waals surface area (Å²) < 4.78 is 10.7. The monoisotopic (exact) mass is 298 g/mol. The SMILES string of the molecule is COc1ccc(COC[C@H](C)/C=C/CBr)cc1. The van der Waals surface area contributed by atoms with Crippen molar-refractivity contribution in [1.29, 1.82) is 0 Å². The first-order chi connectivity index (χ1) is 8.26. The molecule has 0 saturated heterocycles. The molecule has 0 radical (unpaired) electrons. The quantitative estimate of drug-likeness (QED) is 0.563. The van der Waals surface area contributed by atoms with Crippen LogP contribution in [0.1, 0.15) is 12.5 Å². The Morgan fingerprint density at radius 1 is 1.29 bits per heavy atom. The summed E-state index contributed by atoms with van der Waals surface area (Å²) in [5.74, 6) is 1.33. The first-order valence-corrected chi connectivity index (χ1v) is 6.81. The number of hydrogen-bond donors (Lipinski definition) is 0. The van der Waals surface area contributed by atoms with Crippen LogP contribution in [0.5, 0.6) is 5.75 Å². The predicted octanol–water partition coefficient (Wildman–Crippen LogP) is 3.80. The second-order valence-electron chi connectivity index (χ2n) is 3.92. The van der Waals surface area contributed by atoms with Crippen LogP contribution in [0.15, 0.2) is 36.4 Å². The minimum atomic E-state index is 0.450. The number of benzene rings is 1. The summed E-state index contributed by atoms with van der Waals surface area (Å²) in [6.07, 6.45) is 4.25. The molecular weight excluding hydrogens is 280 g/mol. The Hall–Kier alpha value is -0.800. The smallest absolute Gasteiger partial charge is 0.118 e. The summed E-state index contributed by atoms with van der Waals surface area (Å²) in [5, 5.41) is 0.899. The van der Waals surface area contributed by atoms with Crippen LogP contribution in [-0.2, 0) is 11.3 Å². The molecule has 0 heterocycles. The molecule has 0 aromatic heterocycles. The number of methoxy groups -OCH3 is 1. The lowest BCUT2D eigenvalue weighted by atomic mass is 10.2. The summed E-state index contributed by atoms with van der Waals surface area (Å²) >= 11 is 3.36. The molecule has 3 heteroatoms. The second-order valence-corrected chi connectivity index (χ2v) is 4.57. The maximum absolute atomic E-state index is 5.64. The highest BCUT2D eigenvalue weighted by molar-refractivity contribution is 9.09. The Morgan fingerprint density at radius 3 is 2.59 bits per heavy atom. The molecule has 0 N–H and O–H groups in total. The van der Waals surface area contributed by atoms with Gasteiger partial charge in [-0.05, 0) is 23.6 Å². The van der Waals surface area contributed by atoms with Gasteiger partial charge in [0, 0.05) is 5.33 Å². The molecule has 1 aromatic rings. The number of ether oxygens (including phenoxy) is 2. The van der Waals surface area contributed by atoms with Crippen molar-refractivity contribution in [2.75, 3.05) is 19.0 Å². The first-order valence-electron chi connectivity index (χ1n) is 5.69. The van der Waals surface area contributed by atoms with E-state index in [9.17, 15) is 0 Å². The minimum Gasteiger partial charge on any atom is -0.497 e. The van der Waals surface area contributed by atoms with E-state index in [-0.39, 0.29) is 0 Å². The standard InChI is InChI=1S/C14H19BrO2/c1-12(4-3-9-15)10-17-11-13-5-7-14(16-2)8-6-13/h3-8,12H,9-11H2,1-2H3/b4-3+/t12-/m1/s1. The Kier molecular flexibility index (Phi) is 6.97. The van der Waals surface area contributed by atoms with Gasteiger partial charge >= 0.3 is 0 Å². The number of allylic oxidation sites excluding steroid dienone is 1. The molecule has 0 aliphatic rings. The molecule has 0 amide bonds. The zero-order valence-corrected chi connectivity index (χ0v) is 11.9. The highest BCUT2D eigenvalue weighted by atomic mass is 79.9. The molecule has 0 unspecified atom stereocenters. The fraction of sp³-hybridized carbons (Fsp3) is 0.429. The van der Waals surface area contributed by atoms with E-state index in [1.165, 1.54) is 5.56 Å². The third-order valence-corrected chi connectivity index (χ3v) is 2.74. The summed E-state index contributed by atoms with van der Waals surface area (Å²) in [7, 11) is 1.67. The van der Waals surface area contributed by atoms with Crippen LogP contribution in [0.3, 0.4) is 0 Å². The molecular formula is C14H19BrO2. The predicted molar refractivity (Wildman–Crippen MR) is 74.7 cm³/mol. The zero-order chi connectivity index (χ0) is 12.5. The average molecular weight is 299 g/mol. The van der Waals surface area contributed by atoms with Crippen molar-refractivity contribution >= 4 is 15.9 Å². The van der Waals surface area contributed by atoms with Crippen molar-refractivity contribution in [2.24, 2.45) is 5.92 Å². The second kappa shape index (κ2) is 8.31. The minimum absolute atomic E-state index is 0.450. The number of rotatable bonds is 7. The van der Waals surface area contributed by atoms with E-state index in [1.54, 1.807) is 7.11 Å². The van der Waals surface area contributed by atoms with E-state index in [2.05, 4.69) is 35.0 Å². The number of hydrogen-bond acceptors (Lipinski definition) is 2. The maximum Gasteiger partial charge on any atom is 0.118 e. The van der Waals surface area contributed by atoms with Crippen LogP contribution in [0.25, 0.3) is 0 Å². The van der Waals surface area contributed by atoms with Crippen LogP contribution in [0, 0.1) is 5.92 Å². The average Bonchev–Trinajstić information content (AvgIpc) is 2.37. The largest absolute Gasteiger partial charge is 0.497 e. The fourth-order valence-electron chi connectivity index (χ4n) is 1.42. The third kappa shape index (κ3) is 5.89. The van der Waals surface area contributed by atoms with Crippen molar-refractivity contribution in [1.82, 2.24) is 0 Å². The third-order valence-electron chi connectivity index (χ3n) is 2.36. The van der Waals surface area contributed by atoms with E-state index in [0.29, 0.717) is 12.5 Å². The molecule has 0 aliphatic carbocycles. The van der Waals surface area contributed by atoms with Gasteiger partial charge in [-0.3, -0.25) is 0 Å². The van der Waals surface area contributed by atoms with Crippen molar-refractivity contribution < 1.29 is 9.47 Å². The van der Waals surface area contributed by atoms with Gasteiger partial charge in [0.05, 0.1) is 20.3 Å². The highest BCUT2D eigenvalue weighted by Crippen LogP contribution is 2.12. The van der Waals surface area contributed by atoms with Crippen LogP contribution in [0.2, 0.25) is 0 Å². The molecule has 1 aromatic carbocycles. The van der Waals surface area contributed by atoms with E-state index < -0.39 is 0 Å². The molecule has 1 atom stereocenters. The molecule has 0 saturated carbocycles. The van der Waals surface area contributed by atoms with Crippen LogP contribution in [-0.4, -0.2) is 19.0 Å². The lowest BCUT2D eigenvalue weighted by Crippen LogP contribution is -2.03. The lowest BCUT2D eigenvalue weighted by molar-refractivity contribution is 0.104. The van der Waals surface area contributed by atoms with Gasteiger partial charge in [0.1, 0.15) is 5.75 Å². The van der Waals surface area contributed by atoms with Gasteiger partial charge in [-0.1, -0.05) is 47.1 Å². The topological polar surface area (TPSA) is 18.5 Å². The highest BCUT2D eigenvalue weighted by Gasteiger charge is 1.98. The van der Waals surface area contributed by atoms with Gasteiger partial charge in [-0.15, -0.1) is 0 Å². The Balaban J connectivity index is 2.28. The first kappa shape index (κ1) is 14.3. The van der Waals surface area contributed by atoms with Crippen molar-refractivity contribution in [2.45, 2.75) is 13.5 Å². The molecule has 2 nitrogen and oxygen atoms in total. The van der Waals surface area contributed by atoms with E-state index in [1.807, 2.05) is 24.3 Å². The van der Waals surface area contributed by atoms with Crippen molar-refractivity contribution in [3.8, 4) is 5.75 Å². The number of alkyl halides is 1. The molecule has 17 heavy (non-hydrogen) atoms. The van der Waals surface area contributed by atoms with E-state index in [0.717, 1.165) is 17.7 Å².